The number of ether oxygens (including phenoxy) is 5. The van der Waals surface area contributed by atoms with Gasteiger partial charge in [-0.25, -0.2) is 4.79 Å². The number of allylic oxidation sites excluding steroid dienone is 7. The van der Waals surface area contributed by atoms with Gasteiger partial charge in [-0.15, -0.1) is 0 Å². The van der Waals surface area contributed by atoms with Crippen LogP contribution in [0.1, 0.15) is 91.9 Å². The number of carbonyl (C=O) groups is 2. The second-order valence-corrected chi connectivity index (χ2v) is 16.6. The van der Waals surface area contributed by atoms with Crippen molar-refractivity contribution < 1.29 is 53.7 Å². The number of aliphatic hydroxyl groups excluding tert-OH is 3. The molecule has 11 heteroatoms. The minimum atomic E-state index is -1.18. The third-order valence-corrected chi connectivity index (χ3v) is 12.0. The fourth-order valence-electron chi connectivity index (χ4n) is 8.38. The highest BCUT2D eigenvalue weighted by atomic mass is 16.6. The van der Waals surface area contributed by atoms with Crippen molar-refractivity contribution in [2.45, 2.75) is 165 Å². The Bertz CT molecular complexity index is 1570. The van der Waals surface area contributed by atoms with Crippen molar-refractivity contribution in [1.82, 2.24) is 0 Å². The van der Waals surface area contributed by atoms with Crippen LogP contribution in [0.15, 0.2) is 96.7 Å². The molecule has 0 radical (unpaired) electrons. The van der Waals surface area contributed by atoms with Crippen molar-refractivity contribution >= 4 is 11.9 Å². The summed E-state index contributed by atoms with van der Waals surface area (Å²) >= 11 is 0. The van der Waals surface area contributed by atoms with E-state index in [-0.39, 0.29) is 67.2 Å². The normalized spacial score (nSPS) is 40.6. The van der Waals surface area contributed by atoms with E-state index in [1.165, 1.54) is 6.08 Å². The molecule has 320 valence electrons. The second-order valence-electron chi connectivity index (χ2n) is 16.6. The third kappa shape index (κ3) is 13.6. The first-order valence-corrected chi connectivity index (χ1v) is 21.3. The van der Waals surface area contributed by atoms with Crippen LogP contribution in [-0.4, -0.2) is 106 Å². The molecule has 0 aromatic rings. The van der Waals surface area contributed by atoms with Crippen LogP contribution >= 0.6 is 0 Å². The summed E-state index contributed by atoms with van der Waals surface area (Å²) in [6.45, 7) is 8.15. The average molecular weight is 807 g/mol. The van der Waals surface area contributed by atoms with Gasteiger partial charge in [0.25, 0.3) is 0 Å². The molecule has 6 aliphatic heterocycles. The van der Waals surface area contributed by atoms with E-state index in [1.807, 2.05) is 62.5 Å². The highest BCUT2D eigenvalue weighted by Crippen LogP contribution is 2.38. The Morgan fingerprint density at radius 2 is 1.53 bits per heavy atom. The lowest BCUT2D eigenvalue weighted by molar-refractivity contribution is -0.175. The summed E-state index contributed by atoms with van der Waals surface area (Å²) in [5, 5.41) is 41.7. The van der Waals surface area contributed by atoms with E-state index < -0.39 is 48.6 Å². The first-order valence-electron chi connectivity index (χ1n) is 21.3. The zero-order chi connectivity index (χ0) is 41.6. The van der Waals surface area contributed by atoms with Crippen LogP contribution in [0.4, 0.5) is 0 Å². The van der Waals surface area contributed by atoms with Gasteiger partial charge in [0.2, 0.25) is 0 Å². The number of hydrogen-bond donors (Lipinski definition) is 4. The lowest BCUT2D eigenvalue weighted by Crippen LogP contribution is -2.50. The minimum absolute atomic E-state index is 0.0508. The van der Waals surface area contributed by atoms with Gasteiger partial charge in [0.1, 0.15) is 24.4 Å². The molecule has 11 nitrogen and oxygen atoms in total. The average Bonchev–Trinajstić information content (AvgIpc) is 3.54. The first-order chi connectivity index (χ1) is 27.9. The predicted molar refractivity (Wildman–Crippen MR) is 222 cm³/mol. The van der Waals surface area contributed by atoms with E-state index in [0.29, 0.717) is 25.7 Å². The Kier molecular flexibility index (Phi) is 18.0. The number of carbonyl (C=O) groups excluding carboxylic acids is 1. The molecule has 0 amide bonds. The molecule has 3 fully saturated rings. The molecule has 0 aliphatic carbocycles. The molecule has 0 spiro atoms. The molecule has 0 aromatic heterocycles. The van der Waals surface area contributed by atoms with E-state index in [1.54, 1.807) is 18.2 Å². The van der Waals surface area contributed by atoms with Crippen LogP contribution < -0.4 is 0 Å². The number of hydrogen-bond acceptors (Lipinski definition) is 10. The molecule has 15 atom stereocenters. The van der Waals surface area contributed by atoms with E-state index in [9.17, 15) is 24.9 Å². The van der Waals surface area contributed by atoms with E-state index in [0.717, 1.165) is 31.3 Å². The fourth-order valence-corrected chi connectivity index (χ4v) is 8.38. The van der Waals surface area contributed by atoms with Crippen molar-refractivity contribution in [2.24, 2.45) is 17.8 Å². The van der Waals surface area contributed by atoms with E-state index >= 15 is 0 Å². The first kappa shape index (κ1) is 45.7. The van der Waals surface area contributed by atoms with Crippen LogP contribution in [0.25, 0.3) is 0 Å². The minimum Gasteiger partial charge on any atom is -0.481 e. The molecule has 6 rings (SSSR count). The Labute approximate surface area is 344 Å². The van der Waals surface area contributed by atoms with E-state index in [4.69, 9.17) is 28.8 Å². The van der Waals surface area contributed by atoms with Crippen LogP contribution in [-0.2, 0) is 33.3 Å². The number of carboxylic acid groups (broad SMARTS) is 1. The largest absolute Gasteiger partial charge is 0.481 e. The summed E-state index contributed by atoms with van der Waals surface area (Å²) in [5.41, 5.74) is 0.945. The molecule has 4 N–H and O–H groups in total. The maximum atomic E-state index is 13.0. The molecular weight excluding hydrogens is 741 g/mol. The predicted octanol–water partition coefficient (Wildman–Crippen LogP) is 6.80. The Balaban J connectivity index is 1.29. The molecule has 3 saturated heterocycles. The van der Waals surface area contributed by atoms with Crippen molar-refractivity contribution in [3.05, 3.63) is 96.7 Å². The summed E-state index contributed by atoms with van der Waals surface area (Å²) in [6, 6.07) is 0. The van der Waals surface area contributed by atoms with Gasteiger partial charge in [0, 0.05) is 37.2 Å². The molecule has 58 heavy (non-hydrogen) atoms. The van der Waals surface area contributed by atoms with Gasteiger partial charge < -0.3 is 44.1 Å². The van der Waals surface area contributed by atoms with Gasteiger partial charge in [-0.1, -0.05) is 106 Å². The Morgan fingerprint density at radius 1 is 0.759 bits per heavy atom. The van der Waals surface area contributed by atoms with Gasteiger partial charge in [-0.2, -0.15) is 0 Å². The highest BCUT2D eigenvalue weighted by molar-refractivity contribution is 5.82. The summed E-state index contributed by atoms with van der Waals surface area (Å²) in [6.07, 6.45) is 28.3. The number of unbranched alkanes of at least 4 members (excludes halogenated alkanes) is 1. The Hall–Kier alpha value is -3.42. The zero-order valence-corrected chi connectivity index (χ0v) is 34.5. The van der Waals surface area contributed by atoms with Gasteiger partial charge >= 0.3 is 11.9 Å². The summed E-state index contributed by atoms with van der Waals surface area (Å²) in [5.74, 6) is -1.09. The summed E-state index contributed by atoms with van der Waals surface area (Å²) in [7, 11) is 0. The molecule has 7 bridgehead atoms. The Morgan fingerprint density at radius 3 is 2.34 bits per heavy atom. The third-order valence-electron chi connectivity index (χ3n) is 12.0. The van der Waals surface area contributed by atoms with Crippen molar-refractivity contribution in [3.63, 3.8) is 0 Å². The monoisotopic (exact) mass is 806 g/mol. The van der Waals surface area contributed by atoms with Gasteiger partial charge in [0.15, 0.2) is 6.10 Å². The van der Waals surface area contributed by atoms with Crippen molar-refractivity contribution in [3.8, 4) is 0 Å². The van der Waals surface area contributed by atoms with Crippen molar-refractivity contribution in [2.75, 3.05) is 0 Å². The van der Waals surface area contributed by atoms with Crippen LogP contribution in [0, 0.1) is 17.8 Å². The lowest BCUT2D eigenvalue weighted by Gasteiger charge is -2.40. The second kappa shape index (κ2) is 22.8. The summed E-state index contributed by atoms with van der Waals surface area (Å²) < 4.78 is 31.5. The molecule has 6 heterocycles. The molecule has 0 aromatic carbocycles. The van der Waals surface area contributed by atoms with Gasteiger partial charge in [-0.05, 0) is 63.0 Å². The number of carboxylic acids is 1. The number of fused-ring (bicyclic) bond motifs is 13. The van der Waals surface area contributed by atoms with Crippen LogP contribution in [0.2, 0.25) is 0 Å². The van der Waals surface area contributed by atoms with Crippen LogP contribution in [0.5, 0.6) is 0 Å². The van der Waals surface area contributed by atoms with Crippen molar-refractivity contribution in [1.29, 1.82) is 0 Å². The SMILES string of the molecule is C/C(=C/C(C)CCCCC(=O)O)C1OC2C=CC1OC(=O)/C=C\C=CC=CC1OC3CC1OC(/C=C/CC1OC(CC(O)C1C)C(O)C(O)/C=C/CC/C=C/C2)C3C. The standard InChI is InChI=1S/C47H66O11/c1-30(17-14-15-23-44(50)51)27-31(2)47-40-26-25-34(54-47)18-10-6-5-7-11-19-35(48)46(53)43-28-36(49)32(3)37(56-43)21-16-22-38-33(4)41-29-42(55-38)39(57-41)20-12-8-9-13-24-45(52)58-40/h6,8-13,16,19-20,22,24-27,30,32-43,46-49,53H,5,7,14-15,17-18,21,23,28-29H2,1-4H3,(H,50,51)/b9-8?,10-6+,19-11+,20-12?,22-16+,24-13-,31-27-. The topological polar surface area (TPSA) is 161 Å². The molecule has 0 saturated carbocycles. The summed E-state index contributed by atoms with van der Waals surface area (Å²) in [4.78, 5) is 23.9. The number of aliphatic hydroxyl groups is 3. The highest BCUT2D eigenvalue weighted by Gasteiger charge is 2.45. The molecule has 6 aliphatic rings. The number of rotatable bonds is 7. The van der Waals surface area contributed by atoms with Gasteiger partial charge in [0.05, 0.1) is 42.7 Å². The molecular formula is C47H66O11. The quantitative estimate of drug-likeness (QED) is 0.122. The molecule has 15 unspecified atom stereocenters. The smallest absolute Gasteiger partial charge is 0.331 e. The number of aliphatic carboxylic acids is 1. The van der Waals surface area contributed by atoms with Gasteiger partial charge in [-0.3, -0.25) is 4.79 Å². The maximum Gasteiger partial charge on any atom is 0.331 e. The number of esters is 1. The maximum absolute atomic E-state index is 13.0. The van der Waals surface area contributed by atoms with Crippen LogP contribution in [0.3, 0.4) is 0 Å². The zero-order valence-electron chi connectivity index (χ0n) is 34.5. The lowest BCUT2D eigenvalue weighted by atomic mass is 9.85. The fraction of sp³-hybridized carbons (Fsp3) is 0.617. The van der Waals surface area contributed by atoms with E-state index in [2.05, 4.69) is 32.1 Å².